The van der Waals surface area contributed by atoms with Crippen LogP contribution in [0, 0.1) is 0 Å². The summed E-state index contributed by atoms with van der Waals surface area (Å²) in [4.78, 5) is 24.0. The van der Waals surface area contributed by atoms with Gasteiger partial charge in [0.25, 0.3) is 0 Å². The summed E-state index contributed by atoms with van der Waals surface area (Å²) in [5.74, 6) is -0.844. The number of hydrogen-bond donors (Lipinski definition) is 3. The van der Waals surface area contributed by atoms with E-state index in [2.05, 4.69) is 10.6 Å². The van der Waals surface area contributed by atoms with Crippen LogP contribution in [0.4, 0.5) is 4.79 Å². The third-order valence-corrected chi connectivity index (χ3v) is 3.28. The minimum atomic E-state index is -0.844. The maximum absolute atomic E-state index is 11.8. The van der Waals surface area contributed by atoms with Gasteiger partial charge < -0.3 is 25.4 Å². The molecule has 20 heavy (non-hydrogen) atoms. The van der Waals surface area contributed by atoms with Crippen LogP contribution in [0.15, 0.2) is 0 Å². The number of ether oxygens (including phenoxy) is 1. The molecule has 0 atom stereocenters. The van der Waals surface area contributed by atoms with Gasteiger partial charge in [-0.15, -0.1) is 0 Å². The Morgan fingerprint density at radius 1 is 1.30 bits per heavy atom. The lowest BCUT2D eigenvalue weighted by molar-refractivity contribution is -0.138. The molecule has 1 heterocycles. The lowest BCUT2D eigenvalue weighted by Gasteiger charge is -2.31. The van der Waals surface area contributed by atoms with Crippen molar-refractivity contribution in [3.8, 4) is 0 Å². The number of carboxylic acids is 1. The van der Waals surface area contributed by atoms with Crippen molar-refractivity contribution in [1.29, 1.82) is 0 Å². The summed E-state index contributed by atoms with van der Waals surface area (Å²) in [6.45, 7) is 3.13. The van der Waals surface area contributed by atoms with Crippen LogP contribution in [0.5, 0.6) is 0 Å². The van der Waals surface area contributed by atoms with Crippen LogP contribution >= 0.6 is 0 Å². The Bertz CT molecular complexity index is 304. The molecule has 1 aliphatic rings. The number of hydrogen-bond acceptors (Lipinski definition) is 4. The van der Waals surface area contributed by atoms with Gasteiger partial charge in [-0.1, -0.05) is 0 Å². The van der Waals surface area contributed by atoms with Gasteiger partial charge in [-0.25, -0.2) is 4.79 Å². The number of rotatable bonds is 8. The zero-order valence-electron chi connectivity index (χ0n) is 12.1. The van der Waals surface area contributed by atoms with Crippen molar-refractivity contribution in [1.82, 2.24) is 15.5 Å². The molecule has 7 heteroatoms. The minimum Gasteiger partial charge on any atom is -0.481 e. The van der Waals surface area contributed by atoms with Gasteiger partial charge in [0.2, 0.25) is 0 Å². The fraction of sp³-hybridized carbons (Fsp3) is 0.846. The molecule has 2 amide bonds. The molecule has 0 unspecified atom stereocenters. The third kappa shape index (κ3) is 6.72. The molecule has 0 aliphatic carbocycles. The molecule has 0 aromatic rings. The van der Waals surface area contributed by atoms with Crippen molar-refractivity contribution in [2.45, 2.75) is 31.8 Å². The van der Waals surface area contributed by atoms with E-state index in [1.165, 1.54) is 0 Å². The molecule has 0 aromatic heterocycles. The van der Waals surface area contributed by atoms with Crippen molar-refractivity contribution >= 4 is 12.0 Å². The van der Waals surface area contributed by atoms with Gasteiger partial charge in [-0.2, -0.15) is 0 Å². The molecular formula is C13H25N3O4. The topological polar surface area (TPSA) is 90.9 Å². The molecule has 3 N–H and O–H groups in total. The van der Waals surface area contributed by atoms with Crippen LogP contribution in [-0.4, -0.2) is 67.9 Å². The first-order chi connectivity index (χ1) is 9.63. The second-order valence-electron chi connectivity index (χ2n) is 4.89. The van der Waals surface area contributed by atoms with Crippen LogP contribution in [-0.2, 0) is 9.53 Å². The first kappa shape index (κ1) is 16.7. The molecule has 116 valence electrons. The van der Waals surface area contributed by atoms with Gasteiger partial charge in [0, 0.05) is 19.6 Å². The van der Waals surface area contributed by atoms with Crippen LogP contribution < -0.4 is 10.6 Å². The van der Waals surface area contributed by atoms with Crippen molar-refractivity contribution in [3.63, 3.8) is 0 Å². The number of carbonyl (C=O) groups is 2. The highest BCUT2D eigenvalue weighted by molar-refractivity contribution is 5.74. The molecule has 0 radical (unpaired) electrons. The van der Waals surface area contributed by atoms with E-state index in [1.807, 2.05) is 7.05 Å². The third-order valence-electron chi connectivity index (χ3n) is 3.28. The number of piperidine rings is 1. The number of aliphatic carboxylic acids is 1. The lowest BCUT2D eigenvalue weighted by Crippen LogP contribution is -2.46. The number of likely N-dealkylation sites (tertiary alicyclic amines) is 1. The number of amides is 2. The summed E-state index contributed by atoms with van der Waals surface area (Å²) in [6, 6.07) is -0.0231. The average Bonchev–Trinajstić information content (AvgIpc) is 2.44. The summed E-state index contributed by atoms with van der Waals surface area (Å²) in [7, 11) is 1.89. The summed E-state index contributed by atoms with van der Waals surface area (Å²) in [5.41, 5.74) is 0. The van der Waals surface area contributed by atoms with Gasteiger partial charge in [-0.3, -0.25) is 4.79 Å². The Balaban J connectivity index is 2.11. The fourth-order valence-corrected chi connectivity index (χ4v) is 2.11. The Morgan fingerprint density at radius 2 is 2.00 bits per heavy atom. The number of urea groups is 1. The second kappa shape index (κ2) is 9.55. The summed E-state index contributed by atoms with van der Waals surface area (Å²) in [6.07, 6.45) is 2.55. The molecule has 1 saturated heterocycles. The smallest absolute Gasteiger partial charge is 0.317 e. The van der Waals surface area contributed by atoms with Gasteiger partial charge in [-0.05, 0) is 32.9 Å². The van der Waals surface area contributed by atoms with E-state index >= 15 is 0 Å². The van der Waals surface area contributed by atoms with Crippen molar-refractivity contribution in [2.75, 3.05) is 39.8 Å². The van der Waals surface area contributed by atoms with E-state index < -0.39 is 5.97 Å². The predicted octanol–water partition coefficient (Wildman–Crippen LogP) is 0.261. The first-order valence-corrected chi connectivity index (χ1v) is 7.14. The van der Waals surface area contributed by atoms with Crippen molar-refractivity contribution in [3.05, 3.63) is 0 Å². The maximum atomic E-state index is 11.8. The zero-order valence-corrected chi connectivity index (χ0v) is 12.1. The highest BCUT2D eigenvalue weighted by atomic mass is 16.5. The molecule has 0 spiro atoms. The largest absolute Gasteiger partial charge is 0.481 e. The summed E-state index contributed by atoms with van der Waals surface area (Å²) < 4.78 is 5.49. The van der Waals surface area contributed by atoms with Crippen molar-refractivity contribution in [2.24, 2.45) is 0 Å². The average molecular weight is 287 g/mol. The molecule has 0 aromatic carbocycles. The molecule has 0 saturated carbocycles. The minimum absolute atomic E-state index is 0.0231. The molecule has 0 bridgehead atoms. The number of carbonyl (C=O) groups excluding carboxylic acids is 1. The van der Waals surface area contributed by atoms with E-state index in [0.29, 0.717) is 19.6 Å². The highest BCUT2D eigenvalue weighted by Gasteiger charge is 2.22. The molecular weight excluding hydrogens is 262 g/mol. The number of nitrogens with one attached hydrogen (secondary N) is 2. The second-order valence-corrected chi connectivity index (χ2v) is 4.89. The number of carboxylic acid groups (broad SMARTS) is 1. The zero-order chi connectivity index (χ0) is 14.8. The Labute approximate surface area is 119 Å². The fourth-order valence-electron chi connectivity index (χ4n) is 2.11. The monoisotopic (exact) mass is 287 g/mol. The Hall–Kier alpha value is -1.34. The molecule has 1 aliphatic heterocycles. The van der Waals surface area contributed by atoms with E-state index in [-0.39, 0.29) is 25.2 Å². The van der Waals surface area contributed by atoms with Crippen LogP contribution in [0.2, 0.25) is 0 Å². The molecule has 1 rings (SSSR count). The van der Waals surface area contributed by atoms with Gasteiger partial charge in [0.15, 0.2) is 0 Å². The maximum Gasteiger partial charge on any atom is 0.317 e. The number of nitrogens with zero attached hydrogens (tertiary/aromatic N) is 1. The van der Waals surface area contributed by atoms with E-state index in [1.54, 1.807) is 4.90 Å². The van der Waals surface area contributed by atoms with Crippen LogP contribution in [0.3, 0.4) is 0 Å². The van der Waals surface area contributed by atoms with E-state index in [0.717, 1.165) is 25.8 Å². The Kier molecular flexibility index (Phi) is 7.98. The lowest BCUT2D eigenvalue weighted by atomic mass is 10.1. The van der Waals surface area contributed by atoms with Gasteiger partial charge >= 0.3 is 12.0 Å². The van der Waals surface area contributed by atoms with Crippen LogP contribution in [0.25, 0.3) is 0 Å². The molecule has 7 nitrogen and oxygen atoms in total. The van der Waals surface area contributed by atoms with E-state index in [9.17, 15) is 9.59 Å². The van der Waals surface area contributed by atoms with Crippen LogP contribution in [0.1, 0.15) is 25.7 Å². The quantitative estimate of drug-likeness (QED) is 0.557. The first-order valence-electron chi connectivity index (χ1n) is 7.14. The molecule has 1 fully saturated rings. The predicted molar refractivity (Wildman–Crippen MR) is 74.7 cm³/mol. The van der Waals surface area contributed by atoms with Gasteiger partial charge in [0.05, 0.1) is 19.1 Å². The highest BCUT2D eigenvalue weighted by Crippen LogP contribution is 2.13. The SMILES string of the molecule is CNCCCNC(=O)N1CCC(OCCC(=O)O)CC1. The van der Waals surface area contributed by atoms with Crippen molar-refractivity contribution < 1.29 is 19.4 Å². The Morgan fingerprint density at radius 3 is 2.60 bits per heavy atom. The summed E-state index contributed by atoms with van der Waals surface area (Å²) >= 11 is 0. The standard InChI is InChI=1S/C13H25N3O4/c1-14-6-2-7-15-13(19)16-8-3-11(4-9-16)20-10-5-12(17)18/h11,14H,2-10H2,1H3,(H,15,19)(H,17,18). The van der Waals surface area contributed by atoms with Gasteiger partial charge in [0.1, 0.15) is 0 Å². The van der Waals surface area contributed by atoms with E-state index in [4.69, 9.17) is 9.84 Å². The summed E-state index contributed by atoms with van der Waals surface area (Å²) in [5, 5.41) is 14.5. The normalized spacial score (nSPS) is 16.1.